The second kappa shape index (κ2) is 11.3. The van der Waals surface area contributed by atoms with Gasteiger partial charge < -0.3 is 24.1 Å². The molecular weight excluding hydrogens is 463 g/mol. The van der Waals surface area contributed by atoms with E-state index in [0.717, 1.165) is 5.69 Å². The number of urea groups is 1. The molecule has 9 heteroatoms. The lowest BCUT2D eigenvalue weighted by Crippen LogP contribution is -2.48. The standard InChI is InChI=1S/C24H28Cl2N4O3/c1-4-17(2)30(24(32)27-21-11-5-10-20(25)23(21)26)16-22(31)29(15-19-9-7-13-33-19)14-18-8-6-12-28(18)3/h5-13,17H,4,14-16H2,1-3H3,(H,27,32). The topological polar surface area (TPSA) is 70.7 Å². The predicted octanol–water partition coefficient (Wildman–Crippen LogP) is 5.79. The first-order chi connectivity index (χ1) is 15.8. The van der Waals surface area contributed by atoms with Crippen LogP contribution >= 0.6 is 23.2 Å². The van der Waals surface area contributed by atoms with E-state index in [9.17, 15) is 9.59 Å². The molecule has 1 N–H and O–H groups in total. The number of nitrogens with zero attached hydrogens (tertiary/aromatic N) is 3. The molecule has 0 saturated heterocycles. The van der Waals surface area contributed by atoms with Crippen molar-refractivity contribution in [1.82, 2.24) is 14.4 Å². The number of aryl methyl sites for hydroxylation is 1. The molecule has 0 fully saturated rings. The Bertz CT molecular complexity index is 1080. The summed E-state index contributed by atoms with van der Waals surface area (Å²) < 4.78 is 7.43. The van der Waals surface area contributed by atoms with Crippen LogP contribution in [-0.2, 0) is 24.9 Å². The van der Waals surface area contributed by atoms with E-state index in [1.165, 1.54) is 4.90 Å². The van der Waals surface area contributed by atoms with Crippen LogP contribution in [-0.4, -0.2) is 38.9 Å². The van der Waals surface area contributed by atoms with E-state index in [1.54, 1.807) is 35.4 Å². The smallest absolute Gasteiger partial charge is 0.322 e. The maximum Gasteiger partial charge on any atom is 0.322 e. The fraction of sp³-hybridized carbons (Fsp3) is 0.333. The van der Waals surface area contributed by atoms with Crippen molar-refractivity contribution in [3.05, 3.63) is 76.4 Å². The lowest BCUT2D eigenvalue weighted by molar-refractivity contribution is -0.133. The number of rotatable bonds is 9. The highest BCUT2D eigenvalue weighted by Crippen LogP contribution is 2.30. The van der Waals surface area contributed by atoms with Gasteiger partial charge in [0, 0.05) is 25.0 Å². The first kappa shape index (κ1) is 24.7. The molecule has 33 heavy (non-hydrogen) atoms. The fourth-order valence-electron chi connectivity index (χ4n) is 3.36. The summed E-state index contributed by atoms with van der Waals surface area (Å²) >= 11 is 12.3. The van der Waals surface area contributed by atoms with Crippen LogP contribution in [0.25, 0.3) is 0 Å². The van der Waals surface area contributed by atoms with Gasteiger partial charge in [0.1, 0.15) is 12.3 Å². The van der Waals surface area contributed by atoms with Gasteiger partial charge in [-0.3, -0.25) is 4.79 Å². The summed E-state index contributed by atoms with van der Waals surface area (Å²) in [7, 11) is 1.93. The largest absolute Gasteiger partial charge is 0.467 e. The van der Waals surface area contributed by atoms with E-state index in [-0.39, 0.29) is 23.5 Å². The predicted molar refractivity (Wildman–Crippen MR) is 130 cm³/mol. The number of benzene rings is 1. The van der Waals surface area contributed by atoms with Gasteiger partial charge in [-0.15, -0.1) is 0 Å². The third kappa shape index (κ3) is 6.33. The third-order valence-electron chi connectivity index (χ3n) is 5.57. The minimum absolute atomic E-state index is 0.0931. The van der Waals surface area contributed by atoms with Gasteiger partial charge in [-0.2, -0.15) is 0 Å². The van der Waals surface area contributed by atoms with E-state index >= 15 is 0 Å². The summed E-state index contributed by atoms with van der Waals surface area (Å²) in [6.45, 7) is 4.46. The highest BCUT2D eigenvalue weighted by molar-refractivity contribution is 6.43. The molecule has 3 aromatic rings. The highest BCUT2D eigenvalue weighted by atomic mass is 35.5. The summed E-state index contributed by atoms with van der Waals surface area (Å²) in [6, 6.07) is 11.9. The number of hydrogen-bond donors (Lipinski definition) is 1. The van der Waals surface area contributed by atoms with Crippen LogP contribution in [0.5, 0.6) is 0 Å². The van der Waals surface area contributed by atoms with E-state index in [0.29, 0.717) is 36.0 Å². The molecule has 2 heterocycles. The normalized spacial score (nSPS) is 11.8. The minimum Gasteiger partial charge on any atom is -0.467 e. The average Bonchev–Trinajstić information content (AvgIpc) is 3.45. The quantitative estimate of drug-likeness (QED) is 0.412. The van der Waals surface area contributed by atoms with Gasteiger partial charge in [0.05, 0.1) is 35.1 Å². The van der Waals surface area contributed by atoms with Gasteiger partial charge in [-0.25, -0.2) is 4.79 Å². The lowest BCUT2D eigenvalue weighted by atomic mass is 10.2. The lowest BCUT2D eigenvalue weighted by Gasteiger charge is -2.31. The summed E-state index contributed by atoms with van der Waals surface area (Å²) in [5, 5.41) is 3.38. The van der Waals surface area contributed by atoms with Crippen LogP contribution in [0.1, 0.15) is 31.7 Å². The number of amides is 3. The second-order valence-electron chi connectivity index (χ2n) is 7.86. The van der Waals surface area contributed by atoms with Crippen molar-refractivity contribution in [2.45, 2.75) is 39.4 Å². The van der Waals surface area contributed by atoms with Crippen molar-refractivity contribution in [2.24, 2.45) is 7.05 Å². The monoisotopic (exact) mass is 490 g/mol. The van der Waals surface area contributed by atoms with E-state index < -0.39 is 6.03 Å². The number of anilines is 1. The number of nitrogens with one attached hydrogen (secondary N) is 1. The second-order valence-corrected chi connectivity index (χ2v) is 8.64. The van der Waals surface area contributed by atoms with Crippen molar-refractivity contribution in [1.29, 1.82) is 0 Å². The van der Waals surface area contributed by atoms with Gasteiger partial charge in [-0.05, 0) is 49.7 Å². The molecule has 3 amide bonds. The number of carbonyl (C=O) groups is 2. The fourth-order valence-corrected chi connectivity index (χ4v) is 3.71. The van der Waals surface area contributed by atoms with Crippen molar-refractivity contribution in [2.75, 3.05) is 11.9 Å². The zero-order chi connectivity index (χ0) is 24.0. The average molecular weight is 491 g/mol. The molecule has 0 aliphatic rings. The zero-order valence-corrected chi connectivity index (χ0v) is 20.4. The van der Waals surface area contributed by atoms with Crippen molar-refractivity contribution in [3.63, 3.8) is 0 Å². The molecule has 1 unspecified atom stereocenters. The maximum atomic E-state index is 13.4. The van der Waals surface area contributed by atoms with E-state index in [4.69, 9.17) is 27.6 Å². The molecule has 0 saturated carbocycles. The molecule has 0 aliphatic carbocycles. The van der Waals surface area contributed by atoms with Crippen LogP contribution in [0.2, 0.25) is 10.0 Å². The Morgan fingerprint density at radius 3 is 2.55 bits per heavy atom. The van der Waals surface area contributed by atoms with Crippen LogP contribution in [0.3, 0.4) is 0 Å². The van der Waals surface area contributed by atoms with Crippen molar-refractivity contribution < 1.29 is 14.0 Å². The Hall–Kier alpha value is -2.90. The van der Waals surface area contributed by atoms with Crippen LogP contribution in [0, 0.1) is 0 Å². The SMILES string of the molecule is CCC(C)N(CC(=O)N(Cc1ccco1)Cc1cccn1C)C(=O)Nc1cccc(Cl)c1Cl. The summed E-state index contributed by atoms with van der Waals surface area (Å²) in [5.41, 5.74) is 1.37. The Balaban J connectivity index is 1.79. The van der Waals surface area contributed by atoms with Gasteiger partial charge in [0.15, 0.2) is 0 Å². The first-order valence-corrected chi connectivity index (χ1v) is 11.5. The maximum absolute atomic E-state index is 13.4. The Kier molecular flexibility index (Phi) is 8.47. The number of hydrogen-bond acceptors (Lipinski definition) is 3. The number of aromatic nitrogens is 1. The van der Waals surface area contributed by atoms with E-state index in [2.05, 4.69) is 5.32 Å². The van der Waals surface area contributed by atoms with E-state index in [1.807, 2.05) is 49.9 Å². The highest BCUT2D eigenvalue weighted by Gasteiger charge is 2.26. The van der Waals surface area contributed by atoms with Crippen LogP contribution in [0.4, 0.5) is 10.5 Å². The van der Waals surface area contributed by atoms with Gasteiger partial charge in [0.2, 0.25) is 5.91 Å². The first-order valence-electron chi connectivity index (χ1n) is 10.7. The Morgan fingerprint density at radius 1 is 1.12 bits per heavy atom. The number of carbonyl (C=O) groups excluding carboxylic acids is 2. The summed E-state index contributed by atoms with van der Waals surface area (Å²) in [4.78, 5) is 29.8. The molecular formula is C24H28Cl2N4O3. The summed E-state index contributed by atoms with van der Waals surface area (Å²) in [6.07, 6.45) is 4.19. The number of halogens is 2. The molecule has 0 aliphatic heterocycles. The van der Waals surface area contributed by atoms with Gasteiger partial charge >= 0.3 is 6.03 Å². The molecule has 1 atom stereocenters. The molecule has 2 aromatic heterocycles. The molecule has 0 spiro atoms. The van der Waals surface area contributed by atoms with Gasteiger partial charge in [0.25, 0.3) is 0 Å². The molecule has 3 rings (SSSR count). The Labute approximate surface area is 203 Å². The molecule has 7 nitrogen and oxygen atoms in total. The zero-order valence-electron chi connectivity index (χ0n) is 18.9. The number of furan rings is 1. The summed E-state index contributed by atoms with van der Waals surface area (Å²) in [5.74, 6) is 0.475. The van der Waals surface area contributed by atoms with Crippen molar-refractivity contribution in [3.8, 4) is 0 Å². The minimum atomic E-state index is -0.418. The van der Waals surface area contributed by atoms with Crippen molar-refractivity contribution >= 4 is 40.8 Å². The van der Waals surface area contributed by atoms with Crippen LogP contribution in [0.15, 0.2) is 59.3 Å². The Morgan fingerprint density at radius 2 is 1.91 bits per heavy atom. The molecule has 1 aromatic carbocycles. The molecule has 176 valence electrons. The van der Waals surface area contributed by atoms with Crippen LogP contribution < -0.4 is 5.32 Å². The molecule has 0 radical (unpaired) electrons. The third-order valence-corrected chi connectivity index (χ3v) is 6.39. The molecule has 0 bridgehead atoms. The van der Waals surface area contributed by atoms with Gasteiger partial charge in [-0.1, -0.05) is 36.2 Å².